The van der Waals surface area contributed by atoms with E-state index in [9.17, 15) is 64.7 Å². The highest BCUT2D eigenvalue weighted by Gasteiger charge is 2.49. The van der Waals surface area contributed by atoms with Crippen LogP contribution in [0.3, 0.4) is 0 Å². The first-order chi connectivity index (χ1) is 69.6. The van der Waals surface area contributed by atoms with Crippen LogP contribution < -0.4 is 31.3 Å². The molecule has 7 aliphatic rings. The van der Waals surface area contributed by atoms with Crippen molar-refractivity contribution >= 4 is 87.3 Å². The average molecular weight is 2020 g/mol. The normalized spacial score (nSPS) is 20.1. The van der Waals surface area contributed by atoms with Crippen molar-refractivity contribution in [2.24, 2.45) is 35.5 Å². The van der Waals surface area contributed by atoms with Gasteiger partial charge in [-0.15, -0.1) is 0 Å². The summed E-state index contributed by atoms with van der Waals surface area (Å²) in [7, 11) is 1.42. The molecule has 10 aromatic carbocycles. The number of methoxy groups -OCH3 is 1. The minimum atomic E-state index is -4.54. The van der Waals surface area contributed by atoms with Crippen LogP contribution in [-0.4, -0.2) is 118 Å². The number of ether oxygens (including phenoxy) is 1. The van der Waals surface area contributed by atoms with E-state index in [1.54, 1.807) is 78.2 Å². The highest BCUT2D eigenvalue weighted by Crippen LogP contribution is 2.47. The zero-order valence-electron chi connectivity index (χ0n) is 86.5. The van der Waals surface area contributed by atoms with Gasteiger partial charge in [0.15, 0.2) is 0 Å². The minimum absolute atomic E-state index is 0.0151. The van der Waals surface area contributed by atoms with Gasteiger partial charge in [0, 0.05) is 72.7 Å². The third-order valence-electron chi connectivity index (χ3n) is 30.3. The summed E-state index contributed by atoms with van der Waals surface area (Å²) in [6, 6.07) is 64.5. The van der Waals surface area contributed by atoms with Crippen LogP contribution in [0, 0.1) is 73.7 Å². The number of alkyl halides is 3. The Morgan fingerprint density at radius 1 is 0.336 bits per heavy atom. The lowest BCUT2D eigenvalue weighted by molar-refractivity contribution is -0.138. The number of nitrogens with one attached hydrogen (secondary N) is 5. The number of halogens is 7. The van der Waals surface area contributed by atoms with E-state index in [-0.39, 0.29) is 121 Å². The molecule has 0 radical (unpaired) electrons. The van der Waals surface area contributed by atoms with E-state index < -0.39 is 64.9 Å². The first kappa shape index (κ1) is 109. The molecule has 4 saturated heterocycles. The summed E-state index contributed by atoms with van der Waals surface area (Å²) in [4.78, 5) is 117. The number of aryl methyl sites for hydroxylation is 3. The monoisotopic (exact) mass is 2010 g/mol. The van der Waals surface area contributed by atoms with Gasteiger partial charge in [0.05, 0.1) is 70.1 Å². The van der Waals surface area contributed by atoms with E-state index in [0.29, 0.717) is 79.6 Å². The summed E-state index contributed by atoms with van der Waals surface area (Å²) in [6.07, 6.45) is 15.1. The summed E-state index contributed by atoms with van der Waals surface area (Å²) < 4.78 is 90.2. The topological polar surface area (TPSA) is 219 Å². The molecule has 774 valence electrons. The molecule has 0 aromatic heterocycles. The van der Waals surface area contributed by atoms with Gasteiger partial charge in [-0.1, -0.05) is 246 Å². The average Bonchev–Trinajstić information content (AvgIpc) is 1.29. The summed E-state index contributed by atoms with van der Waals surface area (Å²) >= 11 is 6.38. The van der Waals surface area contributed by atoms with Gasteiger partial charge in [0.25, 0.3) is 23.6 Å². The standard InChI is InChI=1S/C32H33ClF3N3O2.C30H33FN2O3.C30H39FN2O2.C29H37FN2O2/c1-20-12-15-24(19-27(20)32(34,35)36)38-30(40)26-10-6-18-39(31(41)25-9-4-5-11-28(25)33)29(26)21-13-16-23(17-14-21)37-22-7-2-3-8-22;1-30(2,3)21-13-8-14-22(19-21)32-28(34)23-15-10-18-33(27(23)20-11-6-5-7-12-20)29(35)26-24(31)16-9-17-25(26)36-4;1-20-11-8-17-25(31)26(20)29(35)33-18-10-16-24(27(33)21-12-6-5-7-13-21)28(34)32-23-15-9-14-22(19-23)30(2,3)4;1-19-10-7-16-24(30)25(19)28(34)32-17-9-15-23(26(32)20-11-5-6-12-20)27(33)31-22-14-8-13-21(18-22)29(2,3)4/h4-5,9,11-17,19,22,26,29,37H,2-3,6-8,10,18H2,1H3,(H,38,40);5-9,11-14,16-17,19,23,27H,10,15,18H2,1-4H3,(H,32,34);8-9,11,14-15,17,19,21,24,27H,5-7,10,12-13,16,18H2,1-4H3,(H,32,34);7-8,10,13-14,16,18,20,23,26H,5-6,9,11-12,15,17H2,1-4H3,(H,31,33)/t26-,29-;23-,27-;24-,27-;23-,26-/m0000/s1. The lowest BCUT2D eigenvalue weighted by Crippen LogP contribution is -2.55. The zero-order chi connectivity index (χ0) is 105. The molecule has 146 heavy (non-hydrogen) atoms. The van der Waals surface area contributed by atoms with Crippen LogP contribution in [0.5, 0.6) is 5.75 Å². The molecule has 17 rings (SSSR count). The molecule has 3 saturated carbocycles. The number of carbonyl (C=O) groups is 8. The van der Waals surface area contributed by atoms with Gasteiger partial charge < -0.3 is 50.9 Å². The molecular weight excluding hydrogens is 1870 g/mol. The van der Waals surface area contributed by atoms with Crippen LogP contribution >= 0.6 is 11.6 Å². The largest absolute Gasteiger partial charge is 0.496 e. The van der Waals surface area contributed by atoms with Crippen molar-refractivity contribution in [3.63, 3.8) is 0 Å². The van der Waals surface area contributed by atoms with Gasteiger partial charge in [-0.05, 0) is 280 Å². The fourth-order valence-corrected chi connectivity index (χ4v) is 22.8. The van der Waals surface area contributed by atoms with Crippen LogP contribution in [0.25, 0.3) is 0 Å². The fraction of sp³-hybridized carbons (Fsp3) is 0.438. The molecule has 8 amide bonds. The molecule has 4 heterocycles. The third-order valence-corrected chi connectivity index (χ3v) is 30.7. The van der Waals surface area contributed by atoms with Crippen LogP contribution in [-0.2, 0) is 41.6 Å². The lowest BCUT2D eigenvalue weighted by Gasteiger charge is -2.46. The molecule has 25 heteroatoms. The molecule has 0 bridgehead atoms. The number of nitrogens with zero attached hydrogens (tertiary/aromatic N) is 4. The predicted molar refractivity (Wildman–Crippen MR) is 568 cm³/mol. The first-order valence-corrected chi connectivity index (χ1v) is 52.5. The molecule has 3 aliphatic carbocycles. The van der Waals surface area contributed by atoms with Gasteiger partial charge in [-0.25, -0.2) is 13.2 Å². The maximum absolute atomic E-state index is 14.8. The van der Waals surface area contributed by atoms with Crippen molar-refractivity contribution < 1.29 is 69.4 Å². The second kappa shape index (κ2) is 48.4. The van der Waals surface area contributed by atoms with E-state index in [4.69, 9.17) is 16.3 Å². The maximum Gasteiger partial charge on any atom is 0.416 e. The Morgan fingerprint density at radius 3 is 1.12 bits per heavy atom. The number of hydrogen-bond donors (Lipinski definition) is 5. The number of rotatable bonds is 19. The Labute approximate surface area is 862 Å². The van der Waals surface area contributed by atoms with Crippen molar-refractivity contribution in [2.45, 2.75) is 271 Å². The Balaban J connectivity index is 0.000000154. The number of amides is 8. The van der Waals surface area contributed by atoms with E-state index in [2.05, 4.69) is 101 Å². The minimum Gasteiger partial charge on any atom is -0.496 e. The zero-order valence-corrected chi connectivity index (χ0v) is 87.3. The molecule has 0 spiro atoms. The van der Waals surface area contributed by atoms with E-state index >= 15 is 0 Å². The Kier molecular flexibility index (Phi) is 36.2. The number of carbonyl (C=O) groups excluding carboxylic acids is 8. The molecular formula is C121H142ClF6N9O9. The number of likely N-dealkylation sites (tertiary alicyclic amines) is 4. The van der Waals surface area contributed by atoms with Crippen molar-refractivity contribution in [2.75, 3.05) is 59.9 Å². The van der Waals surface area contributed by atoms with Crippen molar-refractivity contribution in [3.05, 3.63) is 319 Å². The SMILES string of the molecule is COc1cccc(F)c1C(=O)N1CCC[C@H](C(=O)Nc2cccc(C(C)(C)C)c2)[C@@H]1c1ccccc1.Cc1ccc(NC(=O)[C@H]2CCCN(C(=O)c3ccccc3Cl)[C@H]2c2ccc(NC3CCCC3)cc2)cc1C(F)(F)F.Cc1cccc(F)c1C(=O)N1CCC[C@H](C(=O)Nc2cccc(C(C)(C)C)c2)[C@@H]1C1CCCC1.Cc1cccc(F)c1C(=O)N1CCC[C@H](C(=O)Nc2cccc(C(C)(C)C)c2)[C@@H]1C1CCCCC1. The summed E-state index contributed by atoms with van der Waals surface area (Å²) in [5.74, 6) is -4.67. The lowest BCUT2D eigenvalue weighted by atomic mass is 9.74. The second-order valence-corrected chi connectivity index (χ2v) is 44.0. The first-order valence-electron chi connectivity index (χ1n) is 52.1. The van der Waals surface area contributed by atoms with Gasteiger partial charge in [0.2, 0.25) is 23.6 Å². The Morgan fingerprint density at radius 2 is 0.692 bits per heavy atom. The molecule has 18 nitrogen and oxygen atoms in total. The summed E-state index contributed by atoms with van der Waals surface area (Å²) in [5, 5.41) is 16.0. The van der Waals surface area contributed by atoms with Crippen molar-refractivity contribution in [1.29, 1.82) is 0 Å². The van der Waals surface area contributed by atoms with Gasteiger partial charge in [0.1, 0.15) is 28.8 Å². The summed E-state index contributed by atoms with van der Waals surface area (Å²) in [6.45, 7) is 26.2. The van der Waals surface area contributed by atoms with Crippen molar-refractivity contribution in [1.82, 2.24) is 19.6 Å². The molecule has 7 fully saturated rings. The Hall–Kier alpha value is -12.6. The smallest absolute Gasteiger partial charge is 0.416 e. The molecule has 5 N–H and O–H groups in total. The molecule has 8 atom stereocenters. The van der Waals surface area contributed by atoms with Crippen LogP contribution in [0.15, 0.2) is 224 Å². The molecule has 0 unspecified atom stereocenters. The molecule has 4 aliphatic heterocycles. The van der Waals surface area contributed by atoms with Crippen LogP contribution in [0.4, 0.5) is 54.8 Å². The van der Waals surface area contributed by atoms with E-state index in [0.717, 1.165) is 147 Å². The third kappa shape index (κ3) is 26.7. The van der Waals surface area contributed by atoms with Gasteiger partial charge in [-0.3, -0.25) is 38.4 Å². The highest BCUT2D eigenvalue weighted by atomic mass is 35.5. The highest BCUT2D eigenvalue weighted by molar-refractivity contribution is 6.33. The Bertz CT molecular complexity index is 6220. The predicted octanol–water partition coefficient (Wildman–Crippen LogP) is 28.0. The van der Waals surface area contributed by atoms with Gasteiger partial charge >= 0.3 is 6.18 Å². The number of hydrogen-bond acceptors (Lipinski definition) is 10. The number of anilines is 5. The number of benzene rings is 10. The van der Waals surface area contributed by atoms with Crippen LogP contribution in [0.1, 0.15) is 301 Å². The molecule has 10 aromatic rings. The summed E-state index contributed by atoms with van der Waals surface area (Å²) in [5.41, 5.74) is 9.39. The van der Waals surface area contributed by atoms with Crippen molar-refractivity contribution in [3.8, 4) is 5.75 Å². The van der Waals surface area contributed by atoms with E-state index in [1.807, 2.05) is 125 Å². The maximum atomic E-state index is 14.8. The van der Waals surface area contributed by atoms with Crippen LogP contribution in [0.2, 0.25) is 5.02 Å². The van der Waals surface area contributed by atoms with E-state index in [1.165, 1.54) is 69.7 Å². The second-order valence-electron chi connectivity index (χ2n) is 43.6. The fourth-order valence-electron chi connectivity index (χ4n) is 22.6. The number of piperidine rings is 4. The van der Waals surface area contributed by atoms with Gasteiger partial charge in [-0.2, -0.15) is 13.2 Å². The quantitative estimate of drug-likeness (QED) is 0.0482.